The number of hydrogen-bond acceptors (Lipinski definition) is 4. The average molecular weight is 354 g/mol. The molecule has 2 amide bonds. The van der Waals surface area contributed by atoms with Crippen LogP contribution in [0.3, 0.4) is 0 Å². The lowest BCUT2D eigenvalue weighted by Gasteiger charge is -2.24. The molecule has 6 nitrogen and oxygen atoms in total. The average Bonchev–Trinajstić information content (AvgIpc) is 3.34. The number of likely N-dealkylation sites (tertiary alicyclic amines) is 1. The summed E-state index contributed by atoms with van der Waals surface area (Å²) in [5.74, 6) is 1.51. The molecule has 2 saturated heterocycles. The molecule has 2 aromatic rings. The van der Waals surface area contributed by atoms with Gasteiger partial charge in [0.05, 0.1) is 18.9 Å². The van der Waals surface area contributed by atoms with Gasteiger partial charge in [-0.3, -0.25) is 9.59 Å². The minimum absolute atomic E-state index is 0.0107. The minimum atomic E-state index is -0.162. The van der Waals surface area contributed by atoms with E-state index >= 15 is 0 Å². The lowest BCUT2D eigenvalue weighted by atomic mass is 9.86. The summed E-state index contributed by atoms with van der Waals surface area (Å²) in [6.45, 7) is 3.72. The van der Waals surface area contributed by atoms with Crippen LogP contribution in [-0.4, -0.2) is 43.5 Å². The first-order valence-corrected chi connectivity index (χ1v) is 8.79. The van der Waals surface area contributed by atoms with E-state index in [4.69, 9.17) is 9.15 Å². The summed E-state index contributed by atoms with van der Waals surface area (Å²) in [6, 6.07) is 9.25. The summed E-state index contributed by atoms with van der Waals surface area (Å²) < 4.78 is 10.4. The Bertz CT molecular complexity index is 842. The quantitative estimate of drug-likeness (QED) is 0.850. The van der Waals surface area contributed by atoms with Gasteiger partial charge in [-0.1, -0.05) is 0 Å². The van der Waals surface area contributed by atoms with Gasteiger partial charge >= 0.3 is 0 Å². The highest BCUT2D eigenvalue weighted by Crippen LogP contribution is 2.42. The standard InChI is InChI=1S/C20H22N2O4/c1-14-17(7-10-26-14)19(24)21-9-8-20(12-21)11-18(23)22(13-20)15-3-5-16(25-2)6-4-15/h3-7,10H,8-9,11-13H2,1-2H3. The lowest BCUT2D eigenvalue weighted by Crippen LogP contribution is -2.34. The van der Waals surface area contributed by atoms with Gasteiger partial charge in [-0.05, 0) is 43.7 Å². The van der Waals surface area contributed by atoms with Crippen molar-refractivity contribution < 1.29 is 18.7 Å². The zero-order valence-electron chi connectivity index (χ0n) is 15.0. The van der Waals surface area contributed by atoms with E-state index in [9.17, 15) is 9.59 Å². The van der Waals surface area contributed by atoms with E-state index in [2.05, 4.69) is 0 Å². The van der Waals surface area contributed by atoms with Crippen molar-refractivity contribution in [1.29, 1.82) is 0 Å². The van der Waals surface area contributed by atoms with Gasteiger partial charge in [-0.15, -0.1) is 0 Å². The molecule has 26 heavy (non-hydrogen) atoms. The third-order valence-electron chi connectivity index (χ3n) is 5.52. The smallest absolute Gasteiger partial charge is 0.257 e. The number of methoxy groups -OCH3 is 1. The molecule has 3 heterocycles. The number of ether oxygens (including phenoxy) is 1. The van der Waals surface area contributed by atoms with Crippen molar-refractivity contribution in [3.63, 3.8) is 0 Å². The van der Waals surface area contributed by atoms with E-state index < -0.39 is 0 Å². The number of amides is 2. The summed E-state index contributed by atoms with van der Waals surface area (Å²) >= 11 is 0. The van der Waals surface area contributed by atoms with Gasteiger partial charge < -0.3 is 19.0 Å². The fourth-order valence-corrected chi connectivity index (χ4v) is 4.05. The zero-order valence-corrected chi connectivity index (χ0v) is 15.0. The molecule has 1 aromatic heterocycles. The van der Waals surface area contributed by atoms with Gasteiger partial charge in [0.2, 0.25) is 5.91 Å². The zero-order chi connectivity index (χ0) is 18.3. The Morgan fingerprint density at radius 3 is 2.62 bits per heavy atom. The molecule has 1 spiro atoms. The fourth-order valence-electron chi connectivity index (χ4n) is 4.05. The molecule has 4 rings (SSSR count). The monoisotopic (exact) mass is 354 g/mol. The molecule has 1 unspecified atom stereocenters. The van der Waals surface area contributed by atoms with E-state index in [0.29, 0.717) is 37.4 Å². The van der Waals surface area contributed by atoms with Crippen LogP contribution >= 0.6 is 0 Å². The molecule has 136 valence electrons. The number of carbonyl (C=O) groups is 2. The highest BCUT2D eigenvalue weighted by atomic mass is 16.5. The second-order valence-electron chi connectivity index (χ2n) is 7.22. The molecule has 2 fully saturated rings. The number of aryl methyl sites for hydroxylation is 1. The Labute approximate surface area is 152 Å². The Hall–Kier alpha value is -2.76. The molecule has 0 radical (unpaired) electrons. The Kier molecular flexibility index (Phi) is 3.98. The number of benzene rings is 1. The number of nitrogens with zero attached hydrogens (tertiary/aromatic N) is 2. The van der Waals surface area contributed by atoms with Gasteiger partial charge in [0.1, 0.15) is 11.5 Å². The van der Waals surface area contributed by atoms with Crippen molar-refractivity contribution in [3.05, 3.63) is 47.9 Å². The molecule has 0 N–H and O–H groups in total. The van der Waals surface area contributed by atoms with Crippen molar-refractivity contribution in [3.8, 4) is 5.75 Å². The van der Waals surface area contributed by atoms with Crippen molar-refractivity contribution in [1.82, 2.24) is 4.90 Å². The Morgan fingerprint density at radius 1 is 1.19 bits per heavy atom. The molecular weight excluding hydrogens is 332 g/mol. The normalized spacial score (nSPS) is 22.5. The third kappa shape index (κ3) is 2.75. The highest BCUT2D eigenvalue weighted by Gasteiger charge is 2.49. The highest BCUT2D eigenvalue weighted by molar-refractivity contribution is 5.98. The Balaban J connectivity index is 1.49. The van der Waals surface area contributed by atoms with Gasteiger partial charge in [0, 0.05) is 37.2 Å². The Morgan fingerprint density at radius 2 is 1.96 bits per heavy atom. The number of furan rings is 1. The molecule has 6 heteroatoms. The van der Waals surface area contributed by atoms with Crippen molar-refractivity contribution in [2.75, 3.05) is 31.6 Å². The maximum atomic E-state index is 12.7. The van der Waals surface area contributed by atoms with Crippen molar-refractivity contribution in [2.45, 2.75) is 19.8 Å². The van der Waals surface area contributed by atoms with Crippen LogP contribution in [0.2, 0.25) is 0 Å². The first-order valence-electron chi connectivity index (χ1n) is 8.79. The van der Waals surface area contributed by atoms with Crippen LogP contribution in [0.15, 0.2) is 41.0 Å². The first-order chi connectivity index (χ1) is 12.5. The third-order valence-corrected chi connectivity index (χ3v) is 5.52. The predicted molar refractivity (Wildman–Crippen MR) is 96.4 cm³/mol. The minimum Gasteiger partial charge on any atom is -0.497 e. The molecule has 0 aliphatic carbocycles. The van der Waals surface area contributed by atoms with Crippen LogP contribution in [-0.2, 0) is 4.79 Å². The molecule has 0 saturated carbocycles. The van der Waals surface area contributed by atoms with Gasteiger partial charge in [-0.25, -0.2) is 0 Å². The summed E-state index contributed by atoms with van der Waals surface area (Å²) in [5.41, 5.74) is 1.33. The van der Waals surface area contributed by atoms with Crippen LogP contribution in [0.1, 0.15) is 29.0 Å². The fraction of sp³-hybridized carbons (Fsp3) is 0.400. The van der Waals surface area contributed by atoms with Gasteiger partial charge in [0.25, 0.3) is 5.91 Å². The van der Waals surface area contributed by atoms with Crippen LogP contribution in [0.4, 0.5) is 5.69 Å². The van der Waals surface area contributed by atoms with E-state index in [0.717, 1.165) is 17.9 Å². The lowest BCUT2D eigenvalue weighted by molar-refractivity contribution is -0.117. The van der Waals surface area contributed by atoms with Crippen LogP contribution in [0, 0.1) is 12.3 Å². The van der Waals surface area contributed by atoms with Gasteiger partial charge in [-0.2, -0.15) is 0 Å². The second kappa shape index (κ2) is 6.20. The summed E-state index contributed by atoms with van der Waals surface area (Å²) in [7, 11) is 1.62. The molecular formula is C20H22N2O4. The summed E-state index contributed by atoms with van der Waals surface area (Å²) in [6.07, 6.45) is 2.86. The number of carbonyl (C=O) groups excluding carboxylic acids is 2. The topological polar surface area (TPSA) is 63.0 Å². The van der Waals surface area contributed by atoms with Crippen LogP contribution in [0.5, 0.6) is 5.75 Å². The summed E-state index contributed by atoms with van der Waals surface area (Å²) in [4.78, 5) is 29.0. The largest absolute Gasteiger partial charge is 0.497 e. The predicted octanol–water partition coefficient (Wildman–Crippen LogP) is 2.87. The maximum absolute atomic E-state index is 12.7. The number of rotatable bonds is 3. The first kappa shape index (κ1) is 16.7. The molecule has 2 aliphatic heterocycles. The second-order valence-corrected chi connectivity index (χ2v) is 7.22. The van der Waals surface area contributed by atoms with Crippen molar-refractivity contribution >= 4 is 17.5 Å². The van der Waals surface area contributed by atoms with E-state index in [1.54, 1.807) is 26.4 Å². The molecule has 2 aliphatic rings. The number of hydrogen-bond donors (Lipinski definition) is 0. The number of anilines is 1. The summed E-state index contributed by atoms with van der Waals surface area (Å²) in [5, 5.41) is 0. The van der Waals surface area contributed by atoms with E-state index in [1.807, 2.05) is 34.1 Å². The van der Waals surface area contributed by atoms with E-state index in [1.165, 1.54) is 0 Å². The van der Waals surface area contributed by atoms with Gasteiger partial charge in [0.15, 0.2) is 0 Å². The van der Waals surface area contributed by atoms with E-state index in [-0.39, 0.29) is 17.2 Å². The van der Waals surface area contributed by atoms with Crippen LogP contribution < -0.4 is 9.64 Å². The van der Waals surface area contributed by atoms with Crippen molar-refractivity contribution in [2.24, 2.45) is 5.41 Å². The van der Waals surface area contributed by atoms with Crippen LogP contribution in [0.25, 0.3) is 0 Å². The SMILES string of the molecule is COc1ccc(N2CC3(CCN(C(=O)c4ccoc4C)C3)CC2=O)cc1. The molecule has 0 bridgehead atoms. The molecule has 1 aromatic carbocycles. The molecule has 1 atom stereocenters. The maximum Gasteiger partial charge on any atom is 0.257 e.